The molecule has 0 aromatic carbocycles. The molecule has 0 bridgehead atoms. The van der Waals surface area contributed by atoms with E-state index < -0.39 is 0 Å². The van der Waals surface area contributed by atoms with Gasteiger partial charge in [0.15, 0.2) is 11.6 Å². The molecule has 0 amide bonds. The van der Waals surface area contributed by atoms with E-state index in [1.165, 1.54) is 0 Å². The average molecular weight is 251 g/mol. The van der Waals surface area contributed by atoms with Gasteiger partial charge in [0.25, 0.3) is 0 Å². The number of pyridine rings is 1. The first-order valence-electron chi connectivity index (χ1n) is 6.60. The third-order valence-electron chi connectivity index (χ3n) is 3.07. The highest BCUT2D eigenvalue weighted by molar-refractivity contribution is 5.51. The lowest BCUT2D eigenvalue weighted by molar-refractivity contribution is 0.339. The fraction of sp³-hybridized carbons (Fsp3) is 0.643. The maximum absolute atomic E-state index is 6.06. The second-order valence-electron chi connectivity index (χ2n) is 4.88. The number of hydrogen-bond donors (Lipinski definition) is 1. The lowest BCUT2D eigenvalue weighted by Gasteiger charge is -2.23. The van der Waals surface area contributed by atoms with E-state index in [0.717, 1.165) is 24.5 Å². The molecule has 102 valence electrons. The van der Waals surface area contributed by atoms with Crippen LogP contribution in [0.2, 0.25) is 0 Å². The van der Waals surface area contributed by atoms with Crippen LogP contribution in [0.3, 0.4) is 0 Å². The van der Waals surface area contributed by atoms with Crippen LogP contribution >= 0.6 is 0 Å². The van der Waals surface area contributed by atoms with Gasteiger partial charge in [-0.3, -0.25) is 0 Å². The minimum Gasteiger partial charge on any atom is -0.490 e. The lowest BCUT2D eigenvalue weighted by Crippen LogP contribution is -2.32. The number of hydrogen-bond acceptors (Lipinski definition) is 4. The molecule has 2 N–H and O–H groups in total. The predicted molar refractivity (Wildman–Crippen MR) is 76.1 cm³/mol. The van der Waals surface area contributed by atoms with E-state index in [2.05, 4.69) is 23.7 Å². The van der Waals surface area contributed by atoms with Crippen molar-refractivity contribution in [2.75, 3.05) is 25.1 Å². The highest BCUT2D eigenvalue weighted by Crippen LogP contribution is 2.24. The van der Waals surface area contributed by atoms with Crippen LogP contribution in [0.25, 0.3) is 0 Å². The summed E-state index contributed by atoms with van der Waals surface area (Å²) < 4.78 is 5.58. The number of aromatic nitrogens is 1. The highest BCUT2D eigenvalue weighted by atomic mass is 16.5. The Kier molecular flexibility index (Phi) is 5.92. The molecule has 0 radical (unpaired) electrons. The summed E-state index contributed by atoms with van der Waals surface area (Å²) in [6, 6.07) is 4.07. The maximum Gasteiger partial charge on any atom is 0.171 e. The Morgan fingerprint density at radius 2 is 2.17 bits per heavy atom. The monoisotopic (exact) mass is 251 g/mol. The van der Waals surface area contributed by atoms with Crippen LogP contribution in [0.1, 0.15) is 27.2 Å². The third kappa shape index (κ3) is 4.18. The van der Waals surface area contributed by atoms with Gasteiger partial charge in [0.2, 0.25) is 0 Å². The molecule has 1 aromatic rings. The fourth-order valence-corrected chi connectivity index (χ4v) is 1.72. The summed E-state index contributed by atoms with van der Waals surface area (Å²) in [5.74, 6) is 2.23. The number of nitrogens with two attached hydrogens (primary N) is 1. The molecular weight excluding hydrogens is 226 g/mol. The molecule has 0 saturated carbocycles. The van der Waals surface area contributed by atoms with Gasteiger partial charge in [-0.2, -0.15) is 0 Å². The standard InChI is InChI=1S/C14H25N3O/c1-5-18-13-7-6-9-16-14(13)17(4)10-8-12(15)11(2)3/h6-7,9,11-12H,5,8,10,15H2,1-4H3. The van der Waals surface area contributed by atoms with Gasteiger partial charge in [0, 0.05) is 25.8 Å². The molecule has 0 aliphatic rings. The van der Waals surface area contributed by atoms with Gasteiger partial charge in [0.1, 0.15) is 0 Å². The van der Waals surface area contributed by atoms with Gasteiger partial charge < -0.3 is 15.4 Å². The summed E-state index contributed by atoms with van der Waals surface area (Å²) in [6.45, 7) is 7.81. The van der Waals surface area contributed by atoms with E-state index in [0.29, 0.717) is 12.5 Å². The van der Waals surface area contributed by atoms with Crippen LogP contribution in [-0.4, -0.2) is 31.2 Å². The molecule has 4 heteroatoms. The summed E-state index contributed by atoms with van der Waals surface area (Å²) in [6.07, 6.45) is 2.74. The zero-order chi connectivity index (χ0) is 13.5. The Hall–Kier alpha value is -1.29. The maximum atomic E-state index is 6.06. The highest BCUT2D eigenvalue weighted by Gasteiger charge is 2.12. The van der Waals surface area contributed by atoms with Crippen molar-refractivity contribution < 1.29 is 4.74 Å². The lowest BCUT2D eigenvalue weighted by atomic mass is 10.0. The van der Waals surface area contributed by atoms with Crippen LogP contribution < -0.4 is 15.4 Å². The van der Waals surface area contributed by atoms with E-state index in [4.69, 9.17) is 10.5 Å². The average Bonchev–Trinajstić information content (AvgIpc) is 2.36. The predicted octanol–water partition coefficient (Wildman–Crippen LogP) is 2.29. The normalized spacial score (nSPS) is 12.6. The van der Waals surface area contributed by atoms with Crippen molar-refractivity contribution in [3.63, 3.8) is 0 Å². The SMILES string of the molecule is CCOc1cccnc1N(C)CCC(N)C(C)C. The van der Waals surface area contributed by atoms with Crippen LogP contribution in [0.4, 0.5) is 5.82 Å². The molecule has 1 atom stereocenters. The smallest absolute Gasteiger partial charge is 0.171 e. The zero-order valence-corrected chi connectivity index (χ0v) is 11.9. The summed E-state index contributed by atoms with van der Waals surface area (Å²) in [5.41, 5.74) is 6.06. The Bertz CT molecular complexity index is 355. The van der Waals surface area contributed by atoms with Crippen LogP contribution in [0, 0.1) is 5.92 Å². The van der Waals surface area contributed by atoms with E-state index in [-0.39, 0.29) is 6.04 Å². The van der Waals surface area contributed by atoms with E-state index in [9.17, 15) is 0 Å². The van der Waals surface area contributed by atoms with Gasteiger partial charge in [-0.25, -0.2) is 4.98 Å². The summed E-state index contributed by atoms with van der Waals surface area (Å²) in [5, 5.41) is 0. The Morgan fingerprint density at radius 1 is 1.44 bits per heavy atom. The second kappa shape index (κ2) is 7.21. The van der Waals surface area contributed by atoms with Crippen LogP contribution in [-0.2, 0) is 0 Å². The van der Waals surface area contributed by atoms with Gasteiger partial charge in [-0.05, 0) is 31.4 Å². The second-order valence-corrected chi connectivity index (χ2v) is 4.88. The zero-order valence-electron chi connectivity index (χ0n) is 11.9. The Morgan fingerprint density at radius 3 is 2.78 bits per heavy atom. The molecule has 4 nitrogen and oxygen atoms in total. The van der Waals surface area contributed by atoms with Crippen molar-refractivity contribution in [3.05, 3.63) is 18.3 Å². The summed E-state index contributed by atoms with van der Waals surface area (Å²) >= 11 is 0. The number of anilines is 1. The van der Waals surface area contributed by atoms with E-state index in [1.54, 1.807) is 6.20 Å². The van der Waals surface area contributed by atoms with Gasteiger partial charge in [0.05, 0.1) is 6.61 Å². The topological polar surface area (TPSA) is 51.4 Å². The van der Waals surface area contributed by atoms with Crippen molar-refractivity contribution >= 4 is 5.82 Å². The molecule has 0 saturated heterocycles. The molecule has 1 aromatic heterocycles. The van der Waals surface area contributed by atoms with Crippen LogP contribution in [0.5, 0.6) is 5.75 Å². The first kappa shape index (κ1) is 14.8. The van der Waals surface area contributed by atoms with E-state index >= 15 is 0 Å². The van der Waals surface area contributed by atoms with Crippen molar-refractivity contribution in [2.24, 2.45) is 11.7 Å². The molecule has 0 fully saturated rings. The van der Waals surface area contributed by atoms with Crippen molar-refractivity contribution in [1.82, 2.24) is 4.98 Å². The summed E-state index contributed by atoms with van der Waals surface area (Å²) in [7, 11) is 2.03. The fourth-order valence-electron chi connectivity index (χ4n) is 1.72. The van der Waals surface area contributed by atoms with Gasteiger partial charge >= 0.3 is 0 Å². The van der Waals surface area contributed by atoms with E-state index in [1.807, 2.05) is 26.1 Å². The molecule has 18 heavy (non-hydrogen) atoms. The largest absolute Gasteiger partial charge is 0.490 e. The van der Waals surface area contributed by atoms with Crippen molar-refractivity contribution in [3.8, 4) is 5.75 Å². The van der Waals surface area contributed by atoms with Crippen molar-refractivity contribution in [1.29, 1.82) is 0 Å². The number of nitrogens with zero attached hydrogens (tertiary/aromatic N) is 2. The molecule has 1 unspecified atom stereocenters. The Balaban J connectivity index is 2.63. The number of ether oxygens (including phenoxy) is 1. The van der Waals surface area contributed by atoms with Gasteiger partial charge in [-0.1, -0.05) is 13.8 Å². The molecule has 0 aliphatic heterocycles. The van der Waals surface area contributed by atoms with Crippen molar-refractivity contribution in [2.45, 2.75) is 33.2 Å². The quantitative estimate of drug-likeness (QED) is 0.808. The molecular formula is C14H25N3O. The van der Waals surface area contributed by atoms with Gasteiger partial charge in [-0.15, -0.1) is 0 Å². The Labute approximate surface area is 110 Å². The molecule has 1 rings (SSSR count). The first-order valence-corrected chi connectivity index (χ1v) is 6.60. The third-order valence-corrected chi connectivity index (χ3v) is 3.07. The molecule has 0 aliphatic carbocycles. The minimum atomic E-state index is 0.228. The molecule has 0 spiro atoms. The van der Waals surface area contributed by atoms with Crippen LogP contribution in [0.15, 0.2) is 18.3 Å². The summed E-state index contributed by atoms with van der Waals surface area (Å²) in [4.78, 5) is 6.48. The number of rotatable bonds is 7. The molecule has 1 heterocycles. The minimum absolute atomic E-state index is 0.228. The first-order chi connectivity index (χ1) is 8.56.